The van der Waals surface area contributed by atoms with Crippen LogP contribution in [-0.2, 0) is 9.59 Å². The van der Waals surface area contributed by atoms with Gasteiger partial charge in [-0.2, -0.15) is 0 Å². The molecule has 0 aliphatic rings. The number of carbonyl (C=O) groups excluding carboxylic acids is 1. The minimum atomic E-state index is -1.28. The Kier molecular flexibility index (Phi) is 6.14. The summed E-state index contributed by atoms with van der Waals surface area (Å²) in [4.78, 5) is 23.3. The predicted molar refractivity (Wildman–Crippen MR) is 75.5 cm³/mol. The van der Waals surface area contributed by atoms with Gasteiger partial charge in [0.05, 0.1) is 7.11 Å². The lowest BCUT2D eigenvalue weighted by Crippen LogP contribution is -2.37. The number of hydrogen-bond donors (Lipinski definition) is 2. The van der Waals surface area contributed by atoms with Crippen molar-refractivity contribution in [3.63, 3.8) is 0 Å². The molecule has 2 N–H and O–H groups in total. The van der Waals surface area contributed by atoms with Crippen molar-refractivity contribution in [2.75, 3.05) is 7.11 Å². The minimum Gasteiger partial charge on any atom is -0.494 e. The Morgan fingerprint density at radius 3 is 2.38 bits per heavy atom. The molecular formula is C15H20FNO4. The minimum absolute atomic E-state index is 0.0224. The van der Waals surface area contributed by atoms with E-state index < -0.39 is 17.8 Å². The van der Waals surface area contributed by atoms with Gasteiger partial charge in [0, 0.05) is 5.92 Å². The fourth-order valence-corrected chi connectivity index (χ4v) is 2.07. The van der Waals surface area contributed by atoms with E-state index >= 15 is 0 Å². The lowest BCUT2D eigenvalue weighted by atomic mass is 10.0. The Hall–Kier alpha value is -2.11. The summed E-state index contributed by atoms with van der Waals surface area (Å²) in [6.45, 7) is 3.72. The number of benzene rings is 1. The summed E-state index contributed by atoms with van der Waals surface area (Å²) in [5, 5.41) is 11.7. The van der Waals surface area contributed by atoms with Crippen molar-refractivity contribution < 1.29 is 23.8 Å². The number of amides is 1. The predicted octanol–water partition coefficient (Wildman–Crippen LogP) is 2.51. The second-order valence-electron chi connectivity index (χ2n) is 4.69. The van der Waals surface area contributed by atoms with E-state index in [9.17, 15) is 19.1 Å². The number of carboxylic acid groups (broad SMARTS) is 1. The number of rotatable bonds is 7. The maximum Gasteiger partial charge on any atom is 0.330 e. The second kappa shape index (κ2) is 7.61. The van der Waals surface area contributed by atoms with Crippen LogP contribution in [0.2, 0.25) is 0 Å². The molecule has 0 radical (unpaired) electrons. The van der Waals surface area contributed by atoms with Crippen molar-refractivity contribution in [2.45, 2.75) is 32.7 Å². The molecule has 0 heterocycles. The summed E-state index contributed by atoms with van der Waals surface area (Å²) < 4.78 is 18.5. The standard InChI is InChI=1S/C15H20FNO4/c1-4-9(5-2)14(18)17-13(15(19)20)10-6-7-12(21-3)11(16)8-10/h6-9,13H,4-5H2,1-3H3,(H,17,18)(H,19,20). The van der Waals surface area contributed by atoms with E-state index in [4.69, 9.17) is 4.74 Å². The van der Waals surface area contributed by atoms with Crippen LogP contribution in [0.25, 0.3) is 0 Å². The molecule has 6 heteroatoms. The van der Waals surface area contributed by atoms with E-state index in [0.29, 0.717) is 12.8 Å². The summed E-state index contributed by atoms with van der Waals surface area (Å²) >= 11 is 0. The molecule has 0 fully saturated rings. The molecule has 21 heavy (non-hydrogen) atoms. The van der Waals surface area contributed by atoms with Crippen molar-refractivity contribution in [3.8, 4) is 5.75 Å². The third-order valence-electron chi connectivity index (χ3n) is 3.40. The zero-order chi connectivity index (χ0) is 16.0. The molecule has 1 aromatic rings. The van der Waals surface area contributed by atoms with Crippen molar-refractivity contribution >= 4 is 11.9 Å². The Morgan fingerprint density at radius 2 is 1.95 bits per heavy atom. The first-order chi connectivity index (χ1) is 9.94. The number of aliphatic carboxylic acids is 1. The van der Waals surface area contributed by atoms with Crippen molar-refractivity contribution in [3.05, 3.63) is 29.6 Å². The van der Waals surface area contributed by atoms with Crippen molar-refractivity contribution in [1.82, 2.24) is 5.32 Å². The SMILES string of the molecule is CCC(CC)C(=O)NC(C(=O)O)c1ccc(OC)c(F)c1. The summed E-state index contributed by atoms with van der Waals surface area (Å²) in [5.74, 6) is -2.48. The third kappa shape index (κ3) is 4.18. The van der Waals surface area contributed by atoms with Crippen LogP contribution in [0.5, 0.6) is 5.75 Å². The normalized spacial score (nSPS) is 12.0. The highest BCUT2D eigenvalue weighted by atomic mass is 19.1. The van der Waals surface area contributed by atoms with Gasteiger partial charge in [-0.3, -0.25) is 4.79 Å². The van der Waals surface area contributed by atoms with E-state index in [-0.39, 0.29) is 23.1 Å². The van der Waals surface area contributed by atoms with Gasteiger partial charge in [0.25, 0.3) is 0 Å². The summed E-state index contributed by atoms with van der Waals surface area (Å²) in [7, 11) is 1.32. The molecule has 1 unspecified atom stereocenters. The lowest BCUT2D eigenvalue weighted by Gasteiger charge is -2.19. The Labute approximate surface area is 123 Å². The van der Waals surface area contributed by atoms with Gasteiger partial charge in [-0.05, 0) is 30.5 Å². The number of carboxylic acids is 1. The van der Waals surface area contributed by atoms with E-state index in [2.05, 4.69) is 5.32 Å². The highest BCUT2D eigenvalue weighted by Crippen LogP contribution is 2.23. The maximum atomic E-state index is 13.7. The van der Waals surface area contributed by atoms with E-state index in [1.807, 2.05) is 13.8 Å². The molecule has 0 aliphatic carbocycles. The van der Waals surface area contributed by atoms with Gasteiger partial charge in [-0.15, -0.1) is 0 Å². The number of hydrogen-bond acceptors (Lipinski definition) is 3. The smallest absolute Gasteiger partial charge is 0.330 e. The van der Waals surface area contributed by atoms with Gasteiger partial charge in [0.15, 0.2) is 17.6 Å². The van der Waals surface area contributed by atoms with Crippen LogP contribution in [0.15, 0.2) is 18.2 Å². The summed E-state index contributed by atoms with van der Waals surface area (Å²) in [6.07, 6.45) is 1.23. The van der Waals surface area contributed by atoms with Gasteiger partial charge in [0.1, 0.15) is 0 Å². The number of methoxy groups -OCH3 is 1. The van der Waals surface area contributed by atoms with Gasteiger partial charge < -0.3 is 15.2 Å². The van der Waals surface area contributed by atoms with E-state index in [1.54, 1.807) is 0 Å². The molecular weight excluding hydrogens is 277 g/mol. The fraction of sp³-hybridized carbons (Fsp3) is 0.467. The van der Waals surface area contributed by atoms with E-state index in [1.165, 1.54) is 19.2 Å². The highest BCUT2D eigenvalue weighted by Gasteiger charge is 2.25. The average molecular weight is 297 g/mol. The average Bonchev–Trinajstić information content (AvgIpc) is 2.45. The molecule has 0 spiro atoms. The number of carbonyl (C=O) groups is 2. The second-order valence-corrected chi connectivity index (χ2v) is 4.69. The van der Waals surface area contributed by atoms with Crippen molar-refractivity contribution in [1.29, 1.82) is 0 Å². The molecule has 0 aromatic heterocycles. The van der Waals surface area contributed by atoms with Crippen LogP contribution in [0.4, 0.5) is 4.39 Å². The zero-order valence-corrected chi connectivity index (χ0v) is 12.4. The van der Waals surface area contributed by atoms with Crippen molar-refractivity contribution in [2.24, 2.45) is 5.92 Å². The molecule has 0 bridgehead atoms. The summed E-state index contributed by atoms with van der Waals surface area (Å²) in [6, 6.07) is 2.54. The number of ether oxygens (including phenoxy) is 1. The largest absolute Gasteiger partial charge is 0.494 e. The fourth-order valence-electron chi connectivity index (χ4n) is 2.07. The molecule has 116 valence electrons. The molecule has 1 aromatic carbocycles. The number of halogens is 1. The summed E-state index contributed by atoms with van der Waals surface area (Å²) in [5.41, 5.74) is 0.167. The molecule has 0 saturated heterocycles. The monoisotopic (exact) mass is 297 g/mol. The highest BCUT2D eigenvalue weighted by molar-refractivity contribution is 5.85. The van der Waals surface area contributed by atoms with Gasteiger partial charge in [0.2, 0.25) is 5.91 Å². The Morgan fingerprint density at radius 1 is 1.33 bits per heavy atom. The molecule has 5 nitrogen and oxygen atoms in total. The first-order valence-corrected chi connectivity index (χ1v) is 6.81. The first kappa shape index (κ1) is 16.9. The topological polar surface area (TPSA) is 75.6 Å². The Bertz CT molecular complexity index is 514. The first-order valence-electron chi connectivity index (χ1n) is 6.81. The Balaban J connectivity index is 3.00. The lowest BCUT2D eigenvalue weighted by molar-refractivity contribution is -0.142. The van der Waals surface area contributed by atoms with Crippen LogP contribution in [-0.4, -0.2) is 24.1 Å². The van der Waals surface area contributed by atoms with Gasteiger partial charge in [-0.1, -0.05) is 19.9 Å². The third-order valence-corrected chi connectivity index (χ3v) is 3.40. The van der Waals surface area contributed by atoms with Crippen LogP contribution >= 0.6 is 0 Å². The molecule has 1 amide bonds. The quantitative estimate of drug-likeness (QED) is 0.811. The number of nitrogens with one attached hydrogen (secondary N) is 1. The van der Waals surface area contributed by atoms with Crippen LogP contribution < -0.4 is 10.1 Å². The van der Waals surface area contributed by atoms with Crippen LogP contribution in [0, 0.1) is 11.7 Å². The zero-order valence-electron chi connectivity index (χ0n) is 12.4. The molecule has 1 rings (SSSR count). The molecule has 0 aliphatic heterocycles. The van der Waals surface area contributed by atoms with Crippen LogP contribution in [0.3, 0.4) is 0 Å². The molecule has 1 atom stereocenters. The van der Waals surface area contributed by atoms with Crippen LogP contribution in [0.1, 0.15) is 38.3 Å². The van der Waals surface area contributed by atoms with E-state index in [0.717, 1.165) is 6.07 Å². The van der Waals surface area contributed by atoms with Gasteiger partial charge in [-0.25, -0.2) is 9.18 Å². The van der Waals surface area contributed by atoms with Gasteiger partial charge >= 0.3 is 5.97 Å². The molecule has 0 saturated carbocycles. The maximum absolute atomic E-state index is 13.7.